The maximum Gasteiger partial charge on any atom is 0.433 e. The van der Waals surface area contributed by atoms with Crippen LogP contribution in [0, 0.1) is 10.5 Å². The van der Waals surface area contributed by atoms with Crippen molar-refractivity contribution in [1.82, 2.24) is 4.98 Å². The predicted molar refractivity (Wildman–Crippen MR) is 85.3 cm³/mol. The summed E-state index contributed by atoms with van der Waals surface area (Å²) in [6.45, 7) is 1.56. The summed E-state index contributed by atoms with van der Waals surface area (Å²) in [5.74, 6) is 0. The minimum Gasteiger partial charge on any atom is -0.355 e. The summed E-state index contributed by atoms with van der Waals surface area (Å²) in [5, 5.41) is 2.98. The van der Waals surface area contributed by atoms with E-state index in [1.165, 1.54) is 0 Å². The third kappa shape index (κ3) is 5.37. The van der Waals surface area contributed by atoms with E-state index < -0.39 is 23.4 Å². The number of hydrogen-bond donors (Lipinski definition) is 1. The molecule has 0 aliphatic rings. The lowest BCUT2D eigenvalue weighted by molar-refractivity contribution is -0.141. The van der Waals surface area contributed by atoms with Crippen molar-refractivity contribution in [3.63, 3.8) is 0 Å². The molecule has 118 valence electrons. The number of rotatable bonds is 2. The molecule has 0 saturated heterocycles. The first kappa shape index (κ1) is 18.6. The van der Waals surface area contributed by atoms with Crippen LogP contribution in [0.25, 0.3) is 0 Å². The van der Waals surface area contributed by atoms with Crippen LogP contribution in [0.4, 0.5) is 24.5 Å². The van der Waals surface area contributed by atoms with Gasteiger partial charge >= 0.3 is 17.7 Å². The van der Waals surface area contributed by atoms with Crippen molar-refractivity contribution in [3.8, 4) is 0 Å². The van der Waals surface area contributed by atoms with Gasteiger partial charge in [0.25, 0.3) is 0 Å². The van der Waals surface area contributed by atoms with Crippen molar-refractivity contribution < 1.29 is 21.6 Å². The molecule has 22 heavy (non-hydrogen) atoms. The minimum atomic E-state index is -4.44. The summed E-state index contributed by atoms with van der Waals surface area (Å²) < 4.78 is 55.4. The van der Waals surface area contributed by atoms with Crippen molar-refractivity contribution >= 4 is 45.5 Å². The maximum atomic E-state index is 12.7. The monoisotopic (exact) mass is 442 g/mol. The summed E-state index contributed by atoms with van der Waals surface area (Å²) in [6.07, 6.45) is -4.44. The van der Waals surface area contributed by atoms with E-state index in [1.807, 2.05) is 40.8 Å². The third-order valence-electron chi connectivity index (χ3n) is 2.47. The molecule has 2 rings (SSSR count). The summed E-state index contributed by atoms with van der Waals surface area (Å²) in [4.78, 5) is 3.57. The molecule has 1 heterocycles. The fourth-order valence-electron chi connectivity index (χ4n) is 1.57. The highest BCUT2D eigenvalue weighted by Crippen LogP contribution is 2.33. The molecule has 0 unspecified atom stereocenters. The summed E-state index contributed by atoms with van der Waals surface area (Å²) in [5.41, 5.74) is 0.614. The highest BCUT2D eigenvalue weighted by Gasteiger charge is 2.33. The Morgan fingerprint density at radius 3 is 2.23 bits per heavy atom. The number of nitrogens with one attached hydrogen (secondary N) is 1. The van der Waals surface area contributed by atoms with E-state index in [2.05, 4.69) is 10.3 Å². The maximum absolute atomic E-state index is 12.7. The van der Waals surface area contributed by atoms with Gasteiger partial charge in [-0.2, -0.15) is 21.6 Å². The lowest BCUT2D eigenvalue weighted by Gasteiger charge is -2.14. The van der Waals surface area contributed by atoms with E-state index in [1.54, 1.807) is 19.1 Å². The number of pyridine rings is 1. The number of benzene rings is 1. The van der Waals surface area contributed by atoms with Crippen molar-refractivity contribution in [2.45, 2.75) is 13.1 Å². The zero-order valence-electron chi connectivity index (χ0n) is 11.1. The van der Waals surface area contributed by atoms with Crippen molar-refractivity contribution in [2.75, 3.05) is 5.32 Å². The fourth-order valence-corrected chi connectivity index (χ4v) is 1.98. The molecular formula is C13H10F3IN2O2S. The van der Waals surface area contributed by atoms with Gasteiger partial charge in [0.1, 0.15) is 5.69 Å². The molecule has 0 atom stereocenters. The van der Waals surface area contributed by atoms with Gasteiger partial charge in [0, 0.05) is 5.69 Å². The third-order valence-corrected chi connectivity index (χ3v) is 3.83. The first-order chi connectivity index (χ1) is 10.3. The number of aryl methyl sites for hydroxylation is 1. The molecule has 2 aromatic rings. The van der Waals surface area contributed by atoms with Crippen LogP contribution in [0.1, 0.15) is 11.4 Å². The topological polar surface area (TPSA) is 59.1 Å². The molecule has 0 fully saturated rings. The van der Waals surface area contributed by atoms with Crippen molar-refractivity contribution in [3.05, 3.63) is 51.4 Å². The molecule has 0 saturated carbocycles. The molecule has 0 aliphatic carbocycles. The largest absolute Gasteiger partial charge is 0.433 e. The first-order valence-corrected chi connectivity index (χ1v) is 7.52. The molecule has 0 amide bonds. The molecule has 1 aromatic heterocycles. The van der Waals surface area contributed by atoms with Crippen LogP contribution in [0.5, 0.6) is 0 Å². The van der Waals surface area contributed by atoms with E-state index in [0.717, 1.165) is 11.8 Å². The van der Waals surface area contributed by atoms with E-state index in [9.17, 15) is 13.2 Å². The van der Waals surface area contributed by atoms with Crippen LogP contribution in [0.15, 0.2) is 36.4 Å². The van der Waals surface area contributed by atoms with Gasteiger partial charge in [-0.3, -0.25) is 0 Å². The lowest BCUT2D eigenvalue weighted by atomic mass is 10.2. The highest BCUT2D eigenvalue weighted by molar-refractivity contribution is 14.1. The van der Waals surface area contributed by atoms with Gasteiger partial charge in [-0.1, -0.05) is 18.2 Å². The van der Waals surface area contributed by atoms with Crippen LogP contribution >= 0.6 is 22.6 Å². The van der Waals surface area contributed by atoms with Gasteiger partial charge in [0.05, 0.1) is 15.0 Å². The Labute approximate surface area is 141 Å². The Balaban J connectivity index is 0.000000745. The van der Waals surface area contributed by atoms with E-state index in [0.29, 0.717) is 15.0 Å². The van der Waals surface area contributed by atoms with Crippen LogP contribution < -0.4 is 5.32 Å². The van der Waals surface area contributed by atoms with E-state index >= 15 is 0 Å². The van der Waals surface area contributed by atoms with Crippen molar-refractivity contribution in [2.24, 2.45) is 0 Å². The fraction of sp³-hybridized carbons (Fsp3) is 0.154. The highest BCUT2D eigenvalue weighted by atomic mass is 127. The molecule has 1 N–H and O–H groups in total. The zero-order chi connectivity index (χ0) is 16.8. The van der Waals surface area contributed by atoms with Gasteiger partial charge in [-0.25, -0.2) is 4.98 Å². The smallest absolute Gasteiger partial charge is 0.355 e. The quantitative estimate of drug-likeness (QED) is 0.713. The molecule has 0 aliphatic heterocycles. The van der Waals surface area contributed by atoms with Crippen LogP contribution in [-0.2, 0) is 17.7 Å². The van der Waals surface area contributed by atoms with Gasteiger partial charge in [0.2, 0.25) is 0 Å². The molecule has 0 bridgehead atoms. The molecule has 1 aromatic carbocycles. The van der Waals surface area contributed by atoms with E-state index in [4.69, 9.17) is 8.42 Å². The zero-order valence-corrected chi connectivity index (χ0v) is 14.1. The predicted octanol–water partition coefficient (Wildman–Crippen LogP) is 4.09. The summed E-state index contributed by atoms with van der Waals surface area (Å²) in [7, 11) is 0. The average molecular weight is 442 g/mol. The Kier molecular flexibility index (Phi) is 6.94. The SMILES string of the molecule is Cc1nc(C(F)(F)F)cc(Nc2ccccc2)c1I.O=S=O. The standard InChI is InChI=1S/C13H10F3IN2.O2S/c1-8-12(17)10(7-11(18-8)13(14,15)16)19-9-5-3-2-4-6-9;1-3-2/h2-7H,1H3,(H,18,19);. The van der Waals surface area contributed by atoms with Crippen LogP contribution in [0.2, 0.25) is 0 Å². The second-order valence-electron chi connectivity index (χ2n) is 4.01. The second kappa shape index (κ2) is 8.22. The number of hydrogen-bond acceptors (Lipinski definition) is 4. The number of anilines is 2. The lowest BCUT2D eigenvalue weighted by Crippen LogP contribution is -2.11. The molecule has 0 radical (unpaired) electrons. The Morgan fingerprint density at radius 2 is 1.73 bits per heavy atom. The number of aromatic nitrogens is 1. The molecule has 9 heteroatoms. The second-order valence-corrected chi connectivity index (χ2v) is 5.23. The van der Waals surface area contributed by atoms with Crippen LogP contribution in [0.3, 0.4) is 0 Å². The normalized spacial score (nSPS) is 10.4. The van der Waals surface area contributed by atoms with Crippen molar-refractivity contribution in [1.29, 1.82) is 0 Å². The molecular weight excluding hydrogens is 432 g/mol. The molecule has 0 spiro atoms. The Hall–Kier alpha value is -1.49. The number of nitrogens with zero attached hydrogens (tertiary/aromatic N) is 1. The van der Waals surface area contributed by atoms with Gasteiger partial charge in [0.15, 0.2) is 0 Å². The number of halogens is 4. The summed E-state index contributed by atoms with van der Waals surface area (Å²) >= 11 is 1.23. The van der Waals surface area contributed by atoms with Crippen LogP contribution in [-0.4, -0.2) is 13.4 Å². The van der Waals surface area contributed by atoms with Gasteiger partial charge in [-0.15, -0.1) is 0 Å². The number of para-hydroxylation sites is 1. The van der Waals surface area contributed by atoms with Gasteiger partial charge in [-0.05, 0) is 47.7 Å². The van der Waals surface area contributed by atoms with E-state index in [-0.39, 0.29) is 0 Å². The minimum absolute atomic E-state index is 0.355. The Morgan fingerprint density at radius 1 is 1.18 bits per heavy atom. The Bertz CT molecular complexity index is 675. The number of alkyl halides is 3. The summed E-state index contributed by atoms with van der Waals surface area (Å²) in [6, 6.07) is 10.1. The van der Waals surface area contributed by atoms with Gasteiger partial charge < -0.3 is 5.32 Å². The molecule has 4 nitrogen and oxygen atoms in total. The first-order valence-electron chi connectivity index (χ1n) is 5.77. The average Bonchev–Trinajstić information content (AvgIpc) is 2.44.